The Morgan fingerprint density at radius 2 is 1.93 bits per heavy atom. The van der Waals surface area contributed by atoms with Crippen LogP contribution < -0.4 is 0 Å². The van der Waals surface area contributed by atoms with Crippen molar-refractivity contribution in [3.8, 4) is 0 Å². The number of benzene rings is 1. The average molecular weight is 211 g/mol. The molecule has 2 unspecified atom stereocenters. The zero-order chi connectivity index (χ0) is 9.97. The van der Waals surface area contributed by atoms with Crippen LogP contribution in [0.5, 0.6) is 0 Å². The van der Waals surface area contributed by atoms with Crippen LogP contribution in [0.2, 0.25) is 5.02 Å². The molecular weight excluding hydrogens is 196 g/mol. The van der Waals surface area contributed by atoms with E-state index in [-0.39, 0.29) is 0 Å². The lowest BCUT2D eigenvalue weighted by Crippen LogP contribution is -1.95. The first-order chi connectivity index (χ1) is 6.79. The molecule has 2 atom stereocenters. The van der Waals surface area contributed by atoms with Gasteiger partial charge in [-0.25, -0.2) is 0 Å². The zero-order valence-electron chi connectivity index (χ0n) is 8.37. The van der Waals surface area contributed by atoms with Gasteiger partial charge < -0.3 is 4.74 Å². The molecule has 0 bridgehead atoms. The summed E-state index contributed by atoms with van der Waals surface area (Å²) in [5, 5.41) is 0.808. The van der Waals surface area contributed by atoms with Crippen molar-refractivity contribution in [1.82, 2.24) is 0 Å². The third-order valence-electron chi connectivity index (χ3n) is 2.72. The normalized spacial score (nSPS) is 25.0. The molecule has 0 aromatic heterocycles. The van der Waals surface area contributed by atoms with Gasteiger partial charge in [0, 0.05) is 5.02 Å². The van der Waals surface area contributed by atoms with Crippen LogP contribution in [0.1, 0.15) is 25.3 Å². The molecule has 2 heteroatoms. The fourth-order valence-corrected chi connectivity index (χ4v) is 1.88. The summed E-state index contributed by atoms with van der Waals surface area (Å²) in [5.74, 6) is 0. The van der Waals surface area contributed by atoms with E-state index < -0.39 is 0 Å². The lowest BCUT2D eigenvalue weighted by atomic mass is 10.1. The topological polar surface area (TPSA) is 12.5 Å². The Kier molecular flexibility index (Phi) is 3.09. The van der Waals surface area contributed by atoms with Gasteiger partial charge in [0.2, 0.25) is 0 Å². The van der Waals surface area contributed by atoms with E-state index in [1.807, 2.05) is 12.1 Å². The first kappa shape index (κ1) is 10.0. The summed E-state index contributed by atoms with van der Waals surface area (Å²) in [4.78, 5) is 0. The van der Waals surface area contributed by atoms with Gasteiger partial charge in [-0.2, -0.15) is 0 Å². The Hall–Kier alpha value is -0.530. The minimum Gasteiger partial charge on any atom is -0.370 e. The molecule has 0 aliphatic carbocycles. The van der Waals surface area contributed by atoms with Gasteiger partial charge in [-0.1, -0.05) is 30.7 Å². The summed E-state index contributed by atoms with van der Waals surface area (Å²) in [6.45, 7) is 2.17. The number of aryl methyl sites for hydroxylation is 1. The second kappa shape index (κ2) is 4.33. The molecule has 1 aromatic carbocycles. The fraction of sp³-hybridized carbons (Fsp3) is 0.500. The number of halogens is 1. The van der Waals surface area contributed by atoms with Crippen molar-refractivity contribution in [2.75, 3.05) is 0 Å². The highest BCUT2D eigenvalue weighted by atomic mass is 35.5. The Bertz CT molecular complexity index is 294. The van der Waals surface area contributed by atoms with E-state index in [2.05, 4.69) is 19.1 Å². The summed E-state index contributed by atoms with van der Waals surface area (Å²) in [5.41, 5.74) is 1.35. The largest absolute Gasteiger partial charge is 0.370 e. The van der Waals surface area contributed by atoms with Crippen molar-refractivity contribution in [3.05, 3.63) is 34.9 Å². The maximum atomic E-state index is 5.81. The second-order valence-electron chi connectivity index (χ2n) is 3.79. The third-order valence-corrected chi connectivity index (χ3v) is 2.97. The molecule has 1 saturated heterocycles. The van der Waals surface area contributed by atoms with Crippen LogP contribution in [0.15, 0.2) is 24.3 Å². The highest BCUT2D eigenvalue weighted by molar-refractivity contribution is 6.30. The minimum absolute atomic E-state index is 0.510. The van der Waals surface area contributed by atoms with E-state index in [1.165, 1.54) is 5.56 Å². The standard InChI is InChI=1S/C12H15ClO/c1-2-11-12(14-11)8-5-9-3-6-10(13)7-4-9/h3-4,6-7,11-12H,2,5,8H2,1H3. The fourth-order valence-electron chi connectivity index (χ4n) is 1.75. The first-order valence-corrected chi connectivity index (χ1v) is 5.57. The maximum Gasteiger partial charge on any atom is 0.0845 e. The Morgan fingerprint density at radius 1 is 1.21 bits per heavy atom. The first-order valence-electron chi connectivity index (χ1n) is 5.19. The smallest absolute Gasteiger partial charge is 0.0845 e. The van der Waals surface area contributed by atoms with Crippen molar-refractivity contribution in [3.63, 3.8) is 0 Å². The number of rotatable bonds is 4. The van der Waals surface area contributed by atoms with Crippen molar-refractivity contribution >= 4 is 11.6 Å². The van der Waals surface area contributed by atoms with E-state index in [0.29, 0.717) is 12.2 Å². The summed E-state index contributed by atoms with van der Waals surface area (Å²) in [7, 11) is 0. The van der Waals surface area contributed by atoms with Gasteiger partial charge in [0.05, 0.1) is 12.2 Å². The van der Waals surface area contributed by atoms with Crippen LogP contribution in [0.3, 0.4) is 0 Å². The average Bonchev–Trinajstić information content (AvgIpc) is 2.96. The van der Waals surface area contributed by atoms with Crippen LogP contribution in [0.4, 0.5) is 0 Å². The molecule has 0 saturated carbocycles. The van der Waals surface area contributed by atoms with Crippen LogP contribution in [-0.4, -0.2) is 12.2 Å². The quantitative estimate of drug-likeness (QED) is 0.694. The molecule has 0 spiro atoms. The highest BCUT2D eigenvalue weighted by Gasteiger charge is 2.35. The molecule has 1 fully saturated rings. The zero-order valence-corrected chi connectivity index (χ0v) is 9.13. The van der Waals surface area contributed by atoms with Crippen molar-refractivity contribution < 1.29 is 4.74 Å². The van der Waals surface area contributed by atoms with Gasteiger partial charge in [0.1, 0.15) is 0 Å². The monoisotopic (exact) mass is 210 g/mol. The lowest BCUT2D eigenvalue weighted by Gasteiger charge is -1.98. The second-order valence-corrected chi connectivity index (χ2v) is 4.22. The molecule has 1 heterocycles. The lowest BCUT2D eigenvalue weighted by molar-refractivity contribution is 0.360. The molecule has 0 amide bonds. The predicted molar refractivity (Wildman–Crippen MR) is 58.7 cm³/mol. The Balaban J connectivity index is 1.78. The van der Waals surface area contributed by atoms with Gasteiger partial charge in [0.25, 0.3) is 0 Å². The van der Waals surface area contributed by atoms with Crippen molar-refractivity contribution in [1.29, 1.82) is 0 Å². The van der Waals surface area contributed by atoms with Crippen LogP contribution in [0, 0.1) is 0 Å². The van der Waals surface area contributed by atoms with Gasteiger partial charge in [-0.05, 0) is 37.0 Å². The van der Waals surface area contributed by atoms with Crippen LogP contribution in [-0.2, 0) is 11.2 Å². The SMILES string of the molecule is CCC1OC1CCc1ccc(Cl)cc1. The summed E-state index contributed by atoms with van der Waals surface area (Å²) < 4.78 is 5.49. The highest BCUT2D eigenvalue weighted by Crippen LogP contribution is 2.29. The van der Waals surface area contributed by atoms with Crippen molar-refractivity contribution in [2.45, 2.75) is 38.4 Å². The predicted octanol–water partition coefficient (Wildman–Crippen LogP) is 3.45. The molecule has 0 radical (unpaired) electrons. The molecule has 1 aliphatic rings. The molecule has 76 valence electrons. The van der Waals surface area contributed by atoms with Crippen molar-refractivity contribution in [2.24, 2.45) is 0 Å². The number of ether oxygens (including phenoxy) is 1. The van der Waals surface area contributed by atoms with E-state index in [0.717, 1.165) is 24.3 Å². The molecule has 14 heavy (non-hydrogen) atoms. The van der Waals surface area contributed by atoms with Gasteiger partial charge in [0.15, 0.2) is 0 Å². The van der Waals surface area contributed by atoms with Gasteiger partial charge >= 0.3 is 0 Å². The molecule has 2 rings (SSSR count). The van der Waals surface area contributed by atoms with E-state index in [1.54, 1.807) is 0 Å². The number of epoxide rings is 1. The van der Waals surface area contributed by atoms with E-state index >= 15 is 0 Å². The number of hydrogen-bond acceptors (Lipinski definition) is 1. The van der Waals surface area contributed by atoms with E-state index in [9.17, 15) is 0 Å². The molecule has 0 N–H and O–H groups in total. The third kappa shape index (κ3) is 2.49. The minimum atomic E-state index is 0.510. The number of hydrogen-bond donors (Lipinski definition) is 0. The Labute approximate surface area is 90.0 Å². The molecule has 1 aromatic rings. The maximum absolute atomic E-state index is 5.81. The summed E-state index contributed by atoms with van der Waals surface area (Å²) >= 11 is 5.81. The molecule has 1 aliphatic heterocycles. The van der Waals surface area contributed by atoms with Crippen LogP contribution >= 0.6 is 11.6 Å². The Morgan fingerprint density at radius 3 is 2.50 bits per heavy atom. The van der Waals surface area contributed by atoms with Crippen LogP contribution in [0.25, 0.3) is 0 Å². The van der Waals surface area contributed by atoms with Gasteiger partial charge in [-0.15, -0.1) is 0 Å². The molecule has 1 nitrogen and oxygen atoms in total. The van der Waals surface area contributed by atoms with E-state index in [4.69, 9.17) is 16.3 Å². The van der Waals surface area contributed by atoms with Gasteiger partial charge in [-0.3, -0.25) is 0 Å². The molecular formula is C12H15ClO. The summed E-state index contributed by atoms with van der Waals surface area (Å²) in [6, 6.07) is 8.07. The summed E-state index contributed by atoms with van der Waals surface area (Å²) in [6.07, 6.45) is 4.42.